The van der Waals surface area contributed by atoms with Crippen molar-refractivity contribution in [2.75, 3.05) is 0 Å². The van der Waals surface area contributed by atoms with E-state index in [-0.39, 0.29) is 12.1 Å². The molecule has 108 valence electrons. The number of halogens is 7. The number of aromatic hydroxyl groups is 1. The summed E-state index contributed by atoms with van der Waals surface area (Å²) in [7, 11) is -0.113. The highest BCUT2D eigenvalue weighted by molar-refractivity contribution is 8.13. The first kappa shape index (κ1) is 15.9. The number of hydrogen-bond donors (Lipinski definition) is 1. The van der Waals surface area contributed by atoms with Crippen molar-refractivity contribution in [3.63, 3.8) is 0 Å². The molecule has 0 fully saturated rings. The van der Waals surface area contributed by atoms with E-state index in [0.29, 0.717) is 0 Å². The van der Waals surface area contributed by atoms with Crippen molar-refractivity contribution in [3.05, 3.63) is 23.3 Å². The molecule has 0 aromatic heterocycles. The molecule has 0 aliphatic carbocycles. The fourth-order valence-corrected chi connectivity index (χ4v) is 1.97. The van der Waals surface area contributed by atoms with Crippen LogP contribution in [0.15, 0.2) is 17.0 Å². The van der Waals surface area contributed by atoms with Crippen LogP contribution in [0.25, 0.3) is 0 Å². The summed E-state index contributed by atoms with van der Waals surface area (Å²) in [5, 5.41) is 8.97. The number of phenolic OH excluding ortho intramolecular Hbond substituents is 1. The molecule has 0 saturated heterocycles. The molecular formula is C8H3ClF6O3S. The molecule has 0 aliphatic heterocycles. The van der Waals surface area contributed by atoms with Gasteiger partial charge in [-0.25, -0.2) is 8.42 Å². The fourth-order valence-electron chi connectivity index (χ4n) is 1.18. The van der Waals surface area contributed by atoms with Crippen molar-refractivity contribution >= 4 is 19.7 Å². The molecule has 1 aromatic carbocycles. The van der Waals surface area contributed by atoms with Gasteiger partial charge in [0.25, 0.3) is 9.05 Å². The molecule has 0 saturated carbocycles. The van der Waals surface area contributed by atoms with Gasteiger partial charge in [0.1, 0.15) is 5.75 Å². The Morgan fingerprint density at radius 1 is 0.947 bits per heavy atom. The van der Waals surface area contributed by atoms with Crippen LogP contribution in [0.5, 0.6) is 5.75 Å². The molecule has 19 heavy (non-hydrogen) atoms. The average Bonchev–Trinajstić information content (AvgIpc) is 2.11. The highest BCUT2D eigenvalue weighted by atomic mass is 35.7. The second-order valence-electron chi connectivity index (χ2n) is 3.30. The Morgan fingerprint density at radius 2 is 1.26 bits per heavy atom. The zero-order chi connectivity index (χ0) is 15.2. The quantitative estimate of drug-likeness (QED) is 0.635. The Balaban J connectivity index is 3.78. The Morgan fingerprint density at radius 3 is 1.47 bits per heavy atom. The lowest BCUT2D eigenvalue weighted by Crippen LogP contribution is -2.13. The minimum Gasteiger partial charge on any atom is -0.507 e. The van der Waals surface area contributed by atoms with Crippen molar-refractivity contribution in [2.24, 2.45) is 0 Å². The molecule has 0 bridgehead atoms. The smallest absolute Gasteiger partial charge is 0.420 e. The molecule has 1 rings (SSSR count). The molecule has 0 amide bonds. The first-order chi connectivity index (χ1) is 8.24. The normalized spacial score (nSPS) is 13.6. The molecule has 3 nitrogen and oxygen atoms in total. The maximum atomic E-state index is 12.4. The number of benzene rings is 1. The SMILES string of the molecule is O=S(=O)(Cl)c1cc(C(F)(F)F)c(O)c(C(F)(F)F)c1. The minimum absolute atomic E-state index is 0.174. The predicted octanol–water partition coefficient (Wildman–Crippen LogP) is 3.36. The summed E-state index contributed by atoms with van der Waals surface area (Å²) in [6.45, 7) is 0. The van der Waals surface area contributed by atoms with Crippen molar-refractivity contribution in [3.8, 4) is 5.75 Å². The van der Waals surface area contributed by atoms with Crippen LogP contribution in [0.2, 0.25) is 0 Å². The van der Waals surface area contributed by atoms with Gasteiger partial charge < -0.3 is 5.11 Å². The molecule has 0 heterocycles. The predicted molar refractivity (Wildman–Crippen MR) is 51.1 cm³/mol. The lowest BCUT2D eigenvalue weighted by Gasteiger charge is -2.15. The van der Waals surface area contributed by atoms with Gasteiger partial charge in [-0.2, -0.15) is 26.3 Å². The third kappa shape index (κ3) is 3.44. The summed E-state index contributed by atoms with van der Waals surface area (Å²) >= 11 is 0. The van der Waals surface area contributed by atoms with Gasteiger partial charge in [-0.15, -0.1) is 0 Å². The van der Waals surface area contributed by atoms with Gasteiger partial charge in [0.05, 0.1) is 16.0 Å². The molecular weight excluding hydrogens is 326 g/mol. The van der Waals surface area contributed by atoms with Gasteiger partial charge in [0.2, 0.25) is 0 Å². The third-order valence-electron chi connectivity index (χ3n) is 1.98. The van der Waals surface area contributed by atoms with E-state index in [0.717, 1.165) is 0 Å². The molecule has 0 aliphatic rings. The zero-order valence-corrected chi connectivity index (χ0v) is 10.0. The lowest BCUT2D eigenvalue weighted by molar-refractivity contribution is -0.145. The molecule has 0 spiro atoms. The van der Waals surface area contributed by atoms with Crippen LogP contribution >= 0.6 is 10.7 Å². The van der Waals surface area contributed by atoms with Crippen LogP contribution < -0.4 is 0 Å². The fraction of sp³-hybridized carbons (Fsp3) is 0.250. The van der Waals surface area contributed by atoms with Gasteiger partial charge in [-0.1, -0.05) is 0 Å². The summed E-state index contributed by atoms with van der Waals surface area (Å²) < 4.78 is 96.2. The van der Waals surface area contributed by atoms with Crippen LogP contribution in [0.3, 0.4) is 0 Å². The van der Waals surface area contributed by atoms with Crippen LogP contribution in [0.4, 0.5) is 26.3 Å². The Kier molecular flexibility index (Phi) is 3.72. The van der Waals surface area contributed by atoms with Crippen LogP contribution in [0.1, 0.15) is 11.1 Å². The van der Waals surface area contributed by atoms with E-state index in [9.17, 15) is 34.8 Å². The standard InChI is InChI=1S/C8H3ClF6O3S/c9-19(17,18)3-1-4(7(10,11)12)6(16)5(2-3)8(13,14)15/h1-2,16H. The van der Waals surface area contributed by atoms with Gasteiger partial charge in [0.15, 0.2) is 0 Å². The molecule has 1 aromatic rings. The number of rotatable bonds is 1. The maximum Gasteiger partial charge on any atom is 0.420 e. The van der Waals surface area contributed by atoms with E-state index < -0.39 is 43.2 Å². The van der Waals surface area contributed by atoms with E-state index >= 15 is 0 Å². The third-order valence-corrected chi connectivity index (χ3v) is 3.31. The largest absolute Gasteiger partial charge is 0.507 e. The Hall–Kier alpha value is -1.16. The second-order valence-corrected chi connectivity index (χ2v) is 5.87. The first-order valence-corrected chi connectivity index (χ1v) is 6.51. The highest BCUT2D eigenvalue weighted by Gasteiger charge is 2.42. The summed E-state index contributed by atoms with van der Waals surface area (Å²) in [6, 6.07) is -0.347. The van der Waals surface area contributed by atoms with E-state index in [2.05, 4.69) is 0 Å². The van der Waals surface area contributed by atoms with Gasteiger partial charge in [0, 0.05) is 10.7 Å². The van der Waals surface area contributed by atoms with Gasteiger partial charge >= 0.3 is 12.4 Å². The Bertz CT molecular complexity index is 569. The van der Waals surface area contributed by atoms with E-state index in [1.807, 2.05) is 0 Å². The van der Waals surface area contributed by atoms with E-state index in [1.165, 1.54) is 0 Å². The van der Waals surface area contributed by atoms with Crippen LogP contribution in [0, 0.1) is 0 Å². The topological polar surface area (TPSA) is 54.4 Å². The number of hydrogen-bond acceptors (Lipinski definition) is 3. The summed E-state index contributed by atoms with van der Waals surface area (Å²) in [5.41, 5.74) is -4.27. The van der Waals surface area contributed by atoms with Crippen LogP contribution in [-0.2, 0) is 21.4 Å². The van der Waals surface area contributed by atoms with E-state index in [4.69, 9.17) is 15.8 Å². The summed E-state index contributed by atoms with van der Waals surface area (Å²) in [6.07, 6.45) is -10.7. The highest BCUT2D eigenvalue weighted by Crippen LogP contribution is 2.45. The average molecular weight is 329 g/mol. The zero-order valence-electron chi connectivity index (χ0n) is 8.47. The molecule has 1 N–H and O–H groups in total. The summed E-state index contributed by atoms with van der Waals surface area (Å²) in [5.74, 6) is -2.11. The van der Waals surface area contributed by atoms with Crippen molar-refractivity contribution in [1.82, 2.24) is 0 Å². The minimum atomic E-state index is -5.37. The van der Waals surface area contributed by atoms with E-state index in [1.54, 1.807) is 0 Å². The van der Waals surface area contributed by atoms with Crippen molar-refractivity contribution < 1.29 is 39.9 Å². The Labute approximate surface area is 106 Å². The first-order valence-electron chi connectivity index (χ1n) is 4.20. The van der Waals surface area contributed by atoms with Crippen molar-refractivity contribution in [2.45, 2.75) is 17.2 Å². The summed E-state index contributed by atoms with van der Waals surface area (Å²) in [4.78, 5) is -1.41. The van der Waals surface area contributed by atoms with Crippen LogP contribution in [-0.4, -0.2) is 13.5 Å². The maximum absolute atomic E-state index is 12.4. The number of phenols is 1. The van der Waals surface area contributed by atoms with Crippen molar-refractivity contribution in [1.29, 1.82) is 0 Å². The van der Waals surface area contributed by atoms with Gasteiger partial charge in [-0.3, -0.25) is 0 Å². The molecule has 0 unspecified atom stereocenters. The molecule has 11 heteroatoms. The second kappa shape index (κ2) is 4.44. The molecule has 0 radical (unpaired) electrons. The molecule has 0 atom stereocenters. The number of alkyl halides is 6. The lowest BCUT2D eigenvalue weighted by atomic mass is 10.1. The monoisotopic (exact) mass is 328 g/mol. The van der Waals surface area contributed by atoms with Gasteiger partial charge in [-0.05, 0) is 12.1 Å².